The molecule has 0 amide bonds. The second-order valence-electron chi connectivity index (χ2n) is 2.67. The second-order valence-corrected chi connectivity index (χ2v) is 2.67. The third-order valence-electron chi connectivity index (χ3n) is 1.61. The summed E-state index contributed by atoms with van der Waals surface area (Å²) in [5.41, 5.74) is 0. The number of ether oxygens (including phenoxy) is 1. The Morgan fingerprint density at radius 2 is 2.10 bits per heavy atom. The zero-order chi connectivity index (χ0) is 7.23. The van der Waals surface area contributed by atoms with E-state index in [0.29, 0.717) is 6.04 Å². The molecular formula is C7H16N2O. The first-order chi connectivity index (χ1) is 4.89. The summed E-state index contributed by atoms with van der Waals surface area (Å²) in [6.45, 7) is 6.86. The van der Waals surface area contributed by atoms with Gasteiger partial charge in [-0.1, -0.05) is 0 Å². The third kappa shape index (κ3) is 3.15. The number of rotatable bonds is 0. The van der Waals surface area contributed by atoms with E-state index >= 15 is 0 Å². The van der Waals surface area contributed by atoms with E-state index in [0.717, 1.165) is 32.8 Å². The molecule has 1 aliphatic rings. The minimum Gasteiger partial charge on any atom is -0.379 e. The van der Waals surface area contributed by atoms with Gasteiger partial charge < -0.3 is 15.4 Å². The van der Waals surface area contributed by atoms with Crippen LogP contribution >= 0.6 is 0 Å². The van der Waals surface area contributed by atoms with Crippen LogP contribution in [0.1, 0.15) is 6.92 Å². The van der Waals surface area contributed by atoms with Gasteiger partial charge in [0.15, 0.2) is 0 Å². The molecule has 0 aromatic heterocycles. The van der Waals surface area contributed by atoms with Crippen LogP contribution in [-0.2, 0) is 4.74 Å². The van der Waals surface area contributed by atoms with Gasteiger partial charge in [-0.3, -0.25) is 0 Å². The largest absolute Gasteiger partial charge is 0.379 e. The van der Waals surface area contributed by atoms with Crippen molar-refractivity contribution in [3.8, 4) is 0 Å². The fourth-order valence-electron chi connectivity index (χ4n) is 1.01. The van der Waals surface area contributed by atoms with Crippen molar-refractivity contribution < 1.29 is 4.74 Å². The first-order valence-electron chi connectivity index (χ1n) is 3.91. The van der Waals surface area contributed by atoms with Crippen molar-refractivity contribution >= 4 is 0 Å². The Labute approximate surface area is 62.1 Å². The van der Waals surface area contributed by atoms with Crippen LogP contribution in [-0.4, -0.2) is 38.9 Å². The van der Waals surface area contributed by atoms with Gasteiger partial charge in [0.2, 0.25) is 0 Å². The minimum atomic E-state index is 0.571. The molecule has 0 bridgehead atoms. The van der Waals surface area contributed by atoms with E-state index in [4.69, 9.17) is 4.74 Å². The van der Waals surface area contributed by atoms with Crippen LogP contribution in [0, 0.1) is 0 Å². The van der Waals surface area contributed by atoms with Gasteiger partial charge in [-0.25, -0.2) is 0 Å². The summed E-state index contributed by atoms with van der Waals surface area (Å²) in [4.78, 5) is 0. The molecule has 0 saturated carbocycles. The molecule has 60 valence electrons. The summed E-state index contributed by atoms with van der Waals surface area (Å²) in [7, 11) is 0. The lowest BCUT2D eigenvalue weighted by atomic mass is 10.3. The van der Waals surface area contributed by atoms with Crippen molar-refractivity contribution in [1.82, 2.24) is 10.6 Å². The maximum atomic E-state index is 5.28. The van der Waals surface area contributed by atoms with Gasteiger partial charge in [0.1, 0.15) is 0 Å². The quantitative estimate of drug-likeness (QED) is 0.484. The molecule has 1 heterocycles. The Balaban J connectivity index is 2.15. The molecule has 10 heavy (non-hydrogen) atoms. The molecule has 3 nitrogen and oxygen atoms in total. The highest BCUT2D eigenvalue weighted by Crippen LogP contribution is 1.82. The minimum absolute atomic E-state index is 0.571. The van der Waals surface area contributed by atoms with E-state index in [1.165, 1.54) is 0 Å². The van der Waals surface area contributed by atoms with Crippen LogP contribution < -0.4 is 10.6 Å². The molecule has 1 atom stereocenters. The summed E-state index contributed by atoms with van der Waals surface area (Å²) < 4.78 is 5.28. The molecule has 0 radical (unpaired) electrons. The van der Waals surface area contributed by atoms with E-state index < -0.39 is 0 Å². The van der Waals surface area contributed by atoms with Crippen LogP contribution in [0.2, 0.25) is 0 Å². The Morgan fingerprint density at radius 3 is 3.00 bits per heavy atom. The van der Waals surface area contributed by atoms with E-state index in [-0.39, 0.29) is 0 Å². The Kier molecular flexibility index (Phi) is 3.72. The molecule has 0 aliphatic carbocycles. The highest BCUT2D eigenvalue weighted by Gasteiger charge is 2.01. The molecule has 0 aromatic carbocycles. The average molecular weight is 144 g/mol. The number of hydrogen-bond donors (Lipinski definition) is 2. The van der Waals surface area contributed by atoms with Crippen LogP contribution in [0.4, 0.5) is 0 Å². The normalized spacial score (nSPS) is 30.3. The summed E-state index contributed by atoms with van der Waals surface area (Å²) in [5.74, 6) is 0. The fraction of sp³-hybridized carbons (Fsp3) is 1.00. The van der Waals surface area contributed by atoms with Crippen molar-refractivity contribution in [1.29, 1.82) is 0 Å². The first-order valence-corrected chi connectivity index (χ1v) is 3.91. The second kappa shape index (κ2) is 4.66. The lowest BCUT2D eigenvalue weighted by molar-refractivity contribution is 0.142. The zero-order valence-corrected chi connectivity index (χ0v) is 6.52. The Hall–Kier alpha value is -0.120. The maximum absolute atomic E-state index is 5.28. The summed E-state index contributed by atoms with van der Waals surface area (Å²) >= 11 is 0. The predicted molar refractivity (Wildman–Crippen MR) is 41.2 cm³/mol. The highest BCUT2D eigenvalue weighted by molar-refractivity contribution is 4.64. The van der Waals surface area contributed by atoms with Gasteiger partial charge in [0.25, 0.3) is 0 Å². The average Bonchev–Trinajstić information content (AvgIpc) is 2.02. The summed E-state index contributed by atoms with van der Waals surface area (Å²) in [5, 5.41) is 6.63. The van der Waals surface area contributed by atoms with Crippen LogP contribution in [0.25, 0.3) is 0 Å². The molecule has 1 rings (SSSR count). The van der Waals surface area contributed by atoms with Crippen LogP contribution in [0.5, 0.6) is 0 Å². The van der Waals surface area contributed by atoms with E-state index in [2.05, 4.69) is 17.6 Å². The standard InChI is InChI=1S/C7H16N2O/c1-7-6-8-2-4-10-5-3-9-7/h7-9H,2-6H2,1H3. The molecule has 0 spiro atoms. The van der Waals surface area contributed by atoms with E-state index in [1.54, 1.807) is 0 Å². The summed E-state index contributed by atoms with van der Waals surface area (Å²) in [6.07, 6.45) is 0. The Bertz CT molecular complexity index is 77.7. The number of hydrogen-bond acceptors (Lipinski definition) is 3. The third-order valence-corrected chi connectivity index (χ3v) is 1.61. The SMILES string of the molecule is CC1CNCCOCCN1. The topological polar surface area (TPSA) is 33.3 Å². The molecule has 3 heteroatoms. The smallest absolute Gasteiger partial charge is 0.0591 e. The van der Waals surface area contributed by atoms with Crippen LogP contribution in [0.3, 0.4) is 0 Å². The lowest BCUT2D eigenvalue weighted by Gasteiger charge is -2.10. The van der Waals surface area contributed by atoms with Gasteiger partial charge >= 0.3 is 0 Å². The monoisotopic (exact) mass is 144 g/mol. The zero-order valence-electron chi connectivity index (χ0n) is 6.52. The van der Waals surface area contributed by atoms with Crippen LogP contribution in [0.15, 0.2) is 0 Å². The molecule has 1 aliphatic heterocycles. The molecule has 2 N–H and O–H groups in total. The molecule has 0 aromatic rings. The van der Waals surface area contributed by atoms with Crippen molar-refractivity contribution in [2.24, 2.45) is 0 Å². The van der Waals surface area contributed by atoms with Crippen molar-refractivity contribution in [3.63, 3.8) is 0 Å². The van der Waals surface area contributed by atoms with Gasteiger partial charge in [-0.2, -0.15) is 0 Å². The number of nitrogens with one attached hydrogen (secondary N) is 2. The van der Waals surface area contributed by atoms with Crippen molar-refractivity contribution in [3.05, 3.63) is 0 Å². The molecule has 1 unspecified atom stereocenters. The lowest BCUT2D eigenvalue weighted by Crippen LogP contribution is -2.36. The van der Waals surface area contributed by atoms with Crippen molar-refractivity contribution in [2.45, 2.75) is 13.0 Å². The van der Waals surface area contributed by atoms with E-state index in [1.807, 2.05) is 0 Å². The van der Waals surface area contributed by atoms with Gasteiger partial charge in [-0.15, -0.1) is 0 Å². The fourth-order valence-corrected chi connectivity index (χ4v) is 1.01. The van der Waals surface area contributed by atoms with Gasteiger partial charge in [0, 0.05) is 25.7 Å². The first kappa shape index (κ1) is 7.98. The van der Waals surface area contributed by atoms with E-state index in [9.17, 15) is 0 Å². The predicted octanol–water partition coefficient (Wildman–Crippen LogP) is -0.416. The molecule has 1 fully saturated rings. The Morgan fingerprint density at radius 1 is 1.30 bits per heavy atom. The van der Waals surface area contributed by atoms with Crippen molar-refractivity contribution in [2.75, 3.05) is 32.8 Å². The van der Waals surface area contributed by atoms with Gasteiger partial charge in [0.05, 0.1) is 13.2 Å². The molecule has 1 saturated heterocycles. The highest BCUT2D eigenvalue weighted by atomic mass is 16.5. The molecular weight excluding hydrogens is 128 g/mol. The van der Waals surface area contributed by atoms with Gasteiger partial charge in [-0.05, 0) is 6.92 Å². The summed E-state index contributed by atoms with van der Waals surface area (Å²) in [6, 6.07) is 0.571. The maximum Gasteiger partial charge on any atom is 0.0591 e.